The molecular formula is C6H11N3O2S. The zero-order chi connectivity index (χ0) is 9.19. The number of rotatable bonds is 1. The third kappa shape index (κ3) is 2.17. The summed E-state index contributed by atoms with van der Waals surface area (Å²) in [6.07, 6.45) is 1.18. The minimum Gasteiger partial charge on any atom is -0.216 e. The standard InChI is InChI=1S/C6H11N3O2S/c7-5-6-1-3-9(4-2-6)12(8,10)11/h6H,1-4H2,(H2,8,10,11). The maximum absolute atomic E-state index is 10.8. The summed E-state index contributed by atoms with van der Waals surface area (Å²) in [5, 5.41) is 13.4. The molecular weight excluding hydrogens is 178 g/mol. The van der Waals surface area contributed by atoms with Crippen molar-refractivity contribution in [2.75, 3.05) is 13.1 Å². The maximum atomic E-state index is 10.8. The molecule has 5 nitrogen and oxygen atoms in total. The van der Waals surface area contributed by atoms with Gasteiger partial charge < -0.3 is 0 Å². The van der Waals surface area contributed by atoms with Gasteiger partial charge in [0.15, 0.2) is 0 Å². The van der Waals surface area contributed by atoms with E-state index >= 15 is 0 Å². The van der Waals surface area contributed by atoms with Gasteiger partial charge in [-0.05, 0) is 12.8 Å². The molecule has 0 atom stereocenters. The molecule has 68 valence electrons. The Kier molecular flexibility index (Phi) is 2.67. The van der Waals surface area contributed by atoms with Gasteiger partial charge in [0.1, 0.15) is 0 Å². The minimum absolute atomic E-state index is 0.0111. The van der Waals surface area contributed by atoms with Gasteiger partial charge in [-0.15, -0.1) is 0 Å². The quantitative estimate of drug-likeness (QED) is 0.599. The summed E-state index contributed by atoms with van der Waals surface area (Å²) >= 11 is 0. The Bertz CT molecular complexity index is 284. The summed E-state index contributed by atoms with van der Waals surface area (Å²) in [6, 6.07) is 2.11. The second-order valence-corrected chi connectivity index (χ2v) is 4.39. The monoisotopic (exact) mass is 189 g/mol. The lowest BCUT2D eigenvalue weighted by atomic mass is 10.0. The van der Waals surface area contributed by atoms with Crippen molar-refractivity contribution in [2.45, 2.75) is 12.8 Å². The average molecular weight is 189 g/mol. The Balaban J connectivity index is 2.54. The Hall–Kier alpha value is -0.640. The van der Waals surface area contributed by atoms with Gasteiger partial charge in [0.2, 0.25) is 0 Å². The largest absolute Gasteiger partial charge is 0.276 e. The van der Waals surface area contributed by atoms with Crippen LogP contribution in [-0.2, 0) is 10.2 Å². The Morgan fingerprint density at radius 2 is 1.92 bits per heavy atom. The molecule has 1 aliphatic rings. The molecule has 0 saturated carbocycles. The fraction of sp³-hybridized carbons (Fsp3) is 0.833. The van der Waals surface area contributed by atoms with Crippen molar-refractivity contribution < 1.29 is 8.42 Å². The highest BCUT2D eigenvalue weighted by molar-refractivity contribution is 7.86. The van der Waals surface area contributed by atoms with Crippen LogP contribution in [0, 0.1) is 17.2 Å². The molecule has 1 heterocycles. The molecule has 0 amide bonds. The van der Waals surface area contributed by atoms with Gasteiger partial charge in [0, 0.05) is 19.0 Å². The summed E-state index contributed by atoms with van der Waals surface area (Å²) in [6.45, 7) is 0.744. The molecule has 2 N–H and O–H groups in total. The van der Waals surface area contributed by atoms with Gasteiger partial charge in [0.25, 0.3) is 10.2 Å². The van der Waals surface area contributed by atoms with Crippen molar-refractivity contribution in [1.29, 1.82) is 5.26 Å². The average Bonchev–Trinajstić information content (AvgIpc) is 2.03. The summed E-state index contributed by atoms with van der Waals surface area (Å²) in [5.41, 5.74) is 0. The predicted molar refractivity (Wildman–Crippen MR) is 43.0 cm³/mol. The molecule has 0 aromatic rings. The number of nitrogens with two attached hydrogens (primary N) is 1. The maximum Gasteiger partial charge on any atom is 0.276 e. The second kappa shape index (κ2) is 3.39. The fourth-order valence-corrected chi connectivity index (χ4v) is 1.96. The van der Waals surface area contributed by atoms with Gasteiger partial charge in [0.05, 0.1) is 6.07 Å². The third-order valence-corrected chi connectivity index (χ3v) is 3.08. The Morgan fingerprint density at radius 3 is 2.25 bits per heavy atom. The number of piperidine rings is 1. The Morgan fingerprint density at radius 1 is 1.42 bits per heavy atom. The van der Waals surface area contributed by atoms with Gasteiger partial charge in [-0.25, -0.2) is 5.14 Å². The molecule has 0 bridgehead atoms. The van der Waals surface area contributed by atoms with E-state index in [4.69, 9.17) is 10.4 Å². The SMILES string of the molecule is N#CC1CCN(S(N)(=O)=O)CC1. The van der Waals surface area contributed by atoms with E-state index in [0.717, 1.165) is 0 Å². The van der Waals surface area contributed by atoms with Crippen molar-refractivity contribution in [2.24, 2.45) is 11.1 Å². The number of hydrogen-bond donors (Lipinski definition) is 1. The summed E-state index contributed by atoms with van der Waals surface area (Å²) in [4.78, 5) is 0. The lowest BCUT2D eigenvalue weighted by molar-refractivity contribution is 0.310. The Labute approximate surface area is 71.9 Å². The lowest BCUT2D eigenvalue weighted by Crippen LogP contribution is -2.41. The molecule has 0 aromatic carbocycles. The number of nitriles is 1. The molecule has 6 heteroatoms. The number of nitrogens with zero attached hydrogens (tertiary/aromatic N) is 2. The summed E-state index contributed by atoms with van der Waals surface area (Å²) in [7, 11) is -3.53. The third-order valence-electron chi connectivity index (χ3n) is 2.00. The first-order valence-corrected chi connectivity index (χ1v) is 5.22. The zero-order valence-electron chi connectivity index (χ0n) is 6.60. The smallest absolute Gasteiger partial charge is 0.216 e. The first kappa shape index (κ1) is 9.45. The fourth-order valence-electron chi connectivity index (χ4n) is 1.24. The molecule has 0 spiro atoms. The van der Waals surface area contributed by atoms with Crippen LogP contribution >= 0.6 is 0 Å². The molecule has 1 rings (SSSR count). The van der Waals surface area contributed by atoms with Crippen LogP contribution in [0.4, 0.5) is 0 Å². The summed E-state index contributed by atoms with van der Waals surface area (Å²) < 4.78 is 22.8. The first-order chi connectivity index (χ1) is 5.54. The van der Waals surface area contributed by atoms with Crippen LogP contribution in [0.15, 0.2) is 0 Å². The van der Waals surface area contributed by atoms with Crippen LogP contribution in [0.25, 0.3) is 0 Å². The molecule has 0 radical (unpaired) electrons. The molecule has 0 aliphatic carbocycles. The highest BCUT2D eigenvalue weighted by Gasteiger charge is 2.24. The van der Waals surface area contributed by atoms with Crippen LogP contribution in [0.3, 0.4) is 0 Å². The second-order valence-electron chi connectivity index (χ2n) is 2.85. The summed E-state index contributed by atoms with van der Waals surface area (Å²) in [5.74, 6) is -0.0111. The van der Waals surface area contributed by atoms with E-state index in [1.165, 1.54) is 4.31 Å². The molecule has 12 heavy (non-hydrogen) atoms. The van der Waals surface area contributed by atoms with E-state index in [-0.39, 0.29) is 5.92 Å². The van der Waals surface area contributed by atoms with Gasteiger partial charge in [-0.2, -0.15) is 18.0 Å². The van der Waals surface area contributed by atoms with Gasteiger partial charge in [-0.1, -0.05) is 0 Å². The van der Waals surface area contributed by atoms with E-state index in [0.29, 0.717) is 25.9 Å². The van der Waals surface area contributed by atoms with Gasteiger partial charge in [-0.3, -0.25) is 0 Å². The highest BCUT2D eigenvalue weighted by atomic mass is 32.2. The predicted octanol–water partition coefficient (Wildman–Crippen LogP) is -0.575. The van der Waals surface area contributed by atoms with E-state index in [1.807, 2.05) is 0 Å². The van der Waals surface area contributed by atoms with Crippen LogP contribution in [-0.4, -0.2) is 25.8 Å². The minimum atomic E-state index is -3.53. The topological polar surface area (TPSA) is 87.2 Å². The number of hydrogen-bond acceptors (Lipinski definition) is 3. The van der Waals surface area contributed by atoms with Gasteiger partial charge >= 0.3 is 0 Å². The van der Waals surface area contributed by atoms with Crippen LogP contribution in [0.2, 0.25) is 0 Å². The van der Waals surface area contributed by atoms with Crippen LogP contribution in [0.5, 0.6) is 0 Å². The normalized spacial score (nSPS) is 22.0. The molecule has 1 fully saturated rings. The first-order valence-electron chi connectivity index (χ1n) is 3.71. The van der Waals surface area contributed by atoms with E-state index in [9.17, 15) is 8.42 Å². The molecule has 0 unspecified atom stereocenters. The van der Waals surface area contributed by atoms with E-state index < -0.39 is 10.2 Å². The van der Waals surface area contributed by atoms with Crippen molar-refractivity contribution >= 4 is 10.2 Å². The van der Waals surface area contributed by atoms with Crippen LogP contribution < -0.4 is 5.14 Å². The van der Waals surface area contributed by atoms with Crippen molar-refractivity contribution in [3.63, 3.8) is 0 Å². The molecule has 0 aromatic heterocycles. The molecule has 1 aliphatic heterocycles. The van der Waals surface area contributed by atoms with E-state index in [2.05, 4.69) is 6.07 Å². The zero-order valence-corrected chi connectivity index (χ0v) is 7.42. The molecule has 1 saturated heterocycles. The van der Waals surface area contributed by atoms with Crippen molar-refractivity contribution in [1.82, 2.24) is 4.31 Å². The lowest BCUT2D eigenvalue weighted by Gasteiger charge is -2.26. The van der Waals surface area contributed by atoms with Crippen LogP contribution in [0.1, 0.15) is 12.8 Å². The van der Waals surface area contributed by atoms with Crippen molar-refractivity contribution in [3.05, 3.63) is 0 Å². The van der Waals surface area contributed by atoms with Crippen molar-refractivity contribution in [3.8, 4) is 6.07 Å². The van der Waals surface area contributed by atoms with E-state index in [1.54, 1.807) is 0 Å². The highest BCUT2D eigenvalue weighted by Crippen LogP contribution is 2.16.